The summed E-state index contributed by atoms with van der Waals surface area (Å²) in [5, 5.41) is 11.3. The van der Waals surface area contributed by atoms with Crippen LogP contribution in [0, 0.1) is 0 Å². The van der Waals surface area contributed by atoms with Crippen molar-refractivity contribution < 1.29 is 22.7 Å². The summed E-state index contributed by atoms with van der Waals surface area (Å²) in [4.78, 5) is 12.4. The van der Waals surface area contributed by atoms with Gasteiger partial charge >= 0.3 is 6.18 Å². The Morgan fingerprint density at radius 2 is 2.00 bits per heavy atom. The zero-order chi connectivity index (χ0) is 24.9. The second-order valence-electron chi connectivity index (χ2n) is 6.96. The SMILES string of the molecule is C=CCn1c(SCC(=O)Nc2ccc(Cl)cc2C(F)(F)F)nnc1C(C)Oc1ccccc1Cl. The Kier molecular flexibility index (Phi) is 8.51. The highest BCUT2D eigenvalue weighted by molar-refractivity contribution is 7.99. The molecule has 3 rings (SSSR count). The van der Waals surface area contributed by atoms with Crippen molar-refractivity contribution in [2.24, 2.45) is 0 Å². The first-order valence-electron chi connectivity index (χ1n) is 9.84. The van der Waals surface area contributed by atoms with Crippen LogP contribution >= 0.6 is 35.0 Å². The van der Waals surface area contributed by atoms with Crippen LogP contribution in [0.3, 0.4) is 0 Å². The third kappa shape index (κ3) is 6.46. The van der Waals surface area contributed by atoms with E-state index in [9.17, 15) is 18.0 Å². The summed E-state index contributed by atoms with van der Waals surface area (Å²) >= 11 is 12.8. The van der Waals surface area contributed by atoms with Gasteiger partial charge in [-0.3, -0.25) is 9.36 Å². The van der Waals surface area contributed by atoms with Gasteiger partial charge in [0.1, 0.15) is 5.75 Å². The lowest BCUT2D eigenvalue weighted by molar-refractivity contribution is -0.137. The molecular weight excluding hydrogens is 512 g/mol. The Bertz CT molecular complexity index is 1190. The summed E-state index contributed by atoms with van der Waals surface area (Å²) in [6.07, 6.45) is -3.57. The summed E-state index contributed by atoms with van der Waals surface area (Å²) in [5.74, 6) is 0.101. The molecule has 0 saturated heterocycles. The molecule has 6 nitrogen and oxygen atoms in total. The van der Waals surface area contributed by atoms with Crippen molar-refractivity contribution in [3.8, 4) is 5.75 Å². The minimum atomic E-state index is -4.67. The van der Waals surface area contributed by atoms with Crippen molar-refractivity contribution in [3.05, 3.63) is 76.6 Å². The van der Waals surface area contributed by atoms with Gasteiger partial charge in [0.05, 0.1) is 22.0 Å². The number of hydrogen-bond acceptors (Lipinski definition) is 5. The van der Waals surface area contributed by atoms with Crippen molar-refractivity contribution in [2.75, 3.05) is 11.1 Å². The predicted molar refractivity (Wildman–Crippen MR) is 127 cm³/mol. The number of halogens is 5. The molecule has 180 valence electrons. The first kappa shape index (κ1) is 25.9. The number of anilines is 1. The Morgan fingerprint density at radius 1 is 1.26 bits per heavy atom. The van der Waals surface area contributed by atoms with Gasteiger partial charge in [-0.2, -0.15) is 13.2 Å². The Hall–Kier alpha value is -2.69. The predicted octanol–water partition coefficient (Wildman–Crippen LogP) is 6.66. The maximum atomic E-state index is 13.3. The Labute approximate surface area is 208 Å². The molecule has 1 unspecified atom stereocenters. The first-order valence-corrected chi connectivity index (χ1v) is 11.6. The standard InChI is InChI=1S/C22H19Cl2F3N4O2S/c1-3-10-31-20(13(2)33-18-7-5-4-6-16(18)24)29-30-21(31)34-12-19(32)28-17-9-8-14(23)11-15(17)22(25,26)27/h3-9,11,13H,1,10,12H2,2H3,(H,28,32). The van der Waals surface area contributed by atoms with Gasteiger partial charge in [-0.15, -0.1) is 16.8 Å². The van der Waals surface area contributed by atoms with Crippen molar-refractivity contribution in [1.29, 1.82) is 0 Å². The lowest BCUT2D eigenvalue weighted by Gasteiger charge is -2.16. The Morgan fingerprint density at radius 3 is 2.68 bits per heavy atom. The molecule has 0 spiro atoms. The fourth-order valence-corrected chi connectivity index (χ4v) is 4.08. The van der Waals surface area contributed by atoms with E-state index in [2.05, 4.69) is 22.1 Å². The molecule has 0 fully saturated rings. The molecule has 0 bridgehead atoms. The van der Waals surface area contributed by atoms with Gasteiger partial charge in [0.2, 0.25) is 5.91 Å². The molecule has 0 radical (unpaired) electrons. The van der Waals surface area contributed by atoms with E-state index in [4.69, 9.17) is 27.9 Å². The fourth-order valence-electron chi connectivity index (χ4n) is 2.97. The molecule has 1 atom stereocenters. The van der Waals surface area contributed by atoms with E-state index in [0.717, 1.165) is 23.9 Å². The highest BCUT2D eigenvalue weighted by atomic mass is 35.5. The number of thioether (sulfide) groups is 1. The van der Waals surface area contributed by atoms with Gasteiger partial charge in [-0.1, -0.05) is 53.2 Å². The minimum Gasteiger partial charge on any atom is -0.481 e. The molecule has 34 heavy (non-hydrogen) atoms. The first-order chi connectivity index (χ1) is 16.1. The number of nitrogens with zero attached hydrogens (tertiary/aromatic N) is 3. The number of carbonyl (C=O) groups is 1. The molecule has 1 N–H and O–H groups in total. The number of carbonyl (C=O) groups excluding carboxylic acids is 1. The van der Waals surface area contributed by atoms with Crippen LogP contribution in [0.15, 0.2) is 60.3 Å². The van der Waals surface area contributed by atoms with Crippen LogP contribution in [0.2, 0.25) is 10.0 Å². The monoisotopic (exact) mass is 530 g/mol. The number of para-hydroxylation sites is 1. The van der Waals surface area contributed by atoms with Crippen LogP contribution in [0.1, 0.15) is 24.4 Å². The van der Waals surface area contributed by atoms with Gasteiger partial charge in [0.15, 0.2) is 17.1 Å². The van der Waals surface area contributed by atoms with E-state index in [-0.39, 0.29) is 16.5 Å². The number of ether oxygens (including phenoxy) is 1. The Balaban J connectivity index is 1.72. The second-order valence-corrected chi connectivity index (χ2v) is 8.74. The molecule has 1 heterocycles. The average Bonchev–Trinajstić information content (AvgIpc) is 3.17. The zero-order valence-electron chi connectivity index (χ0n) is 17.8. The number of amides is 1. The van der Waals surface area contributed by atoms with Gasteiger partial charge in [0, 0.05) is 11.6 Å². The van der Waals surface area contributed by atoms with Crippen molar-refractivity contribution in [3.63, 3.8) is 0 Å². The molecule has 1 aromatic heterocycles. The molecule has 1 amide bonds. The molecule has 0 saturated carbocycles. The van der Waals surface area contributed by atoms with E-state index in [0.29, 0.717) is 28.3 Å². The van der Waals surface area contributed by atoms with Crippen molar-refractivity contribution in [1.82, 2.24) is 14.8 Å². The zero-order valence-corrected chi connectivity index (χ0v) is 20.1. The van der Waals surface area contributed by atoms with Crippen molar-refractivity contribution in [2.45, 2.75) is 30.9 Å². The number of rotatable bonds is 9. The molecule has 0 aliphatic rings. The van der Waals surface area contributed by atoms with Gasteiger partial charge in [-0.25, -0.2) is 0 Å². The minimum absolute atomic E-state index is 0.0853. The van der Waals surface area contributed by atoms with Crippen LogP contribution in [-0.4, -0.2) is 26.4 Å². The van der Waals surface area contributed by atoms with E-state index < -0.39 is 23.8 Å². The summed E-state index contributed by atoms with van der Waals surface area (Å²) in [7, 11) is 0. The topological polar surface area (TPSA) is 69.0 Å². The number of alkyl halides is 3. The molecule has 12 heteroatoms. The van der Waals surface area contributed by atoms with E-state index in [1.807, 2.05) is 0 Å². The van der Waals surface area contributed by atoms with Crippen LogP contribution in [0.25, 0.3) is 0 Å². The lowest BCUT2D eigenvalue weighted by atomic mass is 10.1. The molecule has 3 aromatic rings. The summed E-state index contributed by atoms with van der Waals surface area (Å²) in [5.41, 5.74) is -1.40. The molecule has 2 aromatic carbocycles. The number of benzene rings is 2. The molecule has 0 aliphatic carbocycles. The third-order valence-electron chi connectivity index (χ3n) is 4.45. The molecular formula is C22H19Cl2F3N4O2S. The van der Waals surface area contributed by atoms with E-state index >= 15 is 0 Å². The van der Waals surface area contributed by atoms with E-state index in [1.54, 1.807) is 41.8 Å². The van der Waals surface area contributed by atoms with Crippen LogP contribution in [0.5, 0.6) is 5.75 Å². The summed E-state index contributed by atoms with van der Waals surface area (Å²) < 4.78 is 47.4. The number of allylic oxidation sites excluding steroid dienone is 1. The summed E-state index contributed by atoms with van der Waals surface area (Å²) in [6, 6.07) is 10.1. The van der Waals surface area contributed by atoms with E-state index in [1.165, 1.54) is 6.07 Å². The van der Waals surface area contributed by atoms with Gasteiger partial charge < -0.3 is 10.1 Å². The maximum absolute atomic E-state index is 13.3. The van der Waals surface area contributed by atoms with Crippen LogP contribution < -0.4 is 10.1 Å². The lowest BCUT2D eigenvalue weighted by Crippen LogP contribution is -2.18. The molecule has 0 aliphatic heterocycles. The fraction of sp³-hybridized carbons (Fsp3) is 0.227. The van der Waals surface area contributed by atoms with Gasteiger partial charge in [0.25, 0.3) is 0 Å². The quantitative estimate of drug-likeness (QED) is 0.247. The highest BCUT2D eigenvalue weighted by Gasteiger charge is 2.34. The largest absolute Gasteiger partial charge is 0.481 e. The maximum Gasteiger partial charge on any atom is 0.418 e. The summed E-state index contributed by atoms with van der Waals surface area (Å²) in [6.45, 7) is 5.82. The van der Waals surface area contributed by atoms with Crippen molar-refractivity contribution >= 4 is 46.6 Å². The smallest absolute Gasteiger partial charge is 0.418 e. The number of hydrogen-bond donors (Lipinski definition) is 1. The highest BCUT2D eigenvalue weighted by Crippen LogP contribution is 2.36. The number of nitrogens with one attached hydrogen (secondary N) is 1. The number of aromatic nitrogens is 3. The van der Waals surface area contributed by atoms with Crippen LogP contribution in [-0.2, 0) is 17.5 Å². The third-order valence-corrected chi connectivity index (χ3v) is 5.97. The van der Waals surface area contributed by atoms with Gasteiger partial charge in [-0.05, 0) is 37.3 Å². The average molecular weight is 531 g/mol. The second kappa shape index (κ2) is 11.2. The van der Waals surface area contributed by atoms with Crippen LogP contribution in [0.4, 0.5) is 18.9 Å². The normalized spacial score (nSPS) is 12.3.